The van der Waals surface area contributed by atoms with Gasteiger partial charge in [0.05, 0.1) is 5.56 Å². The molecule has 0 aliphatic rings. The molecule has 1 N–H and O–H groups in total. The number of hydrogen-bond acceptors (Lipinski definition) is 4. The SMILES string of the molecule is Cn1c(/C=C/c2ccc(C(F)(F)F)cc2)nc2c(C(F)(F)F)nc(NCCc3ccccc3)nc21. The summed E-state index contributed by atoms with van der Waals surface area (Å²) < 4.78 is 80.8. The zero-order chi connectivity index (χ0) is 25.2. The number of nitrogens with one attached hydrogen (secondary N) is 1. The number of rotatable bonds is 6. The zero-order valence-corrected chi connectivity index (χ0v) is 18.3. The van der Waals surface area contributed by atoms with Crippen LogP contribution in [0.25, 0.3) is 23.3 Å². The van der Waals surface area contributed by atoms with Gasteiger partial charge >= 0.3 is 12.4 Å². The minimum Gasteiger partial charge on any atom is -0.354 e. The second-order valence-corrected chi connectivity index (χ2v) is 7.71. The van der Waals surface area contributed by atoms with Gasteiger partial charge in [0.1, 0.15) is 11.3 Å². The number of imidazole rings is 1. The Morgan fingerprint density at radius 2 is 1.51 bits per heavy atom. The maximum atomic E-state index is 13.7. The summed E-state index contributed by atoms with van der Waals surface area (Å²) >= 11 is 0. The van der Waals surface area contributed by atoms with E-state index in [4.69, 9.17) is 0 Å². The van der Waals surface area contributed by atoms with Crippen LogP contribution in [0.1, 0.15) is 28.2 Å². The Hall–Kier alpha value is -3.89. The van der Waals surface area contributed by atoms with Gasteiger partial charge in [0.15, 0.2) is 11.3 Å². The number of anilines is 1. The summed E-state index contributed by atoms with van der Waals surface area (Å²) in [6, 6.07) is 13.8. The summed E-state index contributed by atoms with van der Waals surface area (Å²) in [6.07, 6.45) is -5.79. The smallest absolute Gasteiger partial charge is 0.354 e. The van der Waals surface area contributed by atoms with Crippen LogP contribution in [0, 0.1) is 0 Å². The lowest BCUT2D eigenvalue weighted by atomic mass is 10.1. The maximum Gasteiger partial charge on any atom is 0.435 e. The second-order valence-electron chi connectivity index (χ2n) is 7.71. The predicted octanol–water partition coefficient (Wildman–Crippen LogP) is 6.23. The molecule has 2 heterocycles. The monoisotopic (exact) mass is 491 g/mol. The van der Waals surface area contributed by atoms with Gasteiger partial charge in [-0.25, -0.2) is 9.97 Å². The minimum absolute atomic E-state index is 0.0263. The number of nitrogens with zero attached hydrogens (tertiary/aromatic N) is 4. The van der Waals surface area contributed by atoms with E-state index < -0.39 is 29.1 Å². The van der Waals surface area contributed by atoms with Crippen molar-refractivity contribution in [3.63, 3.8) is 0 Å². The third-order valence-corrected chi connectivity index (χ3v) is 5.22. The second kappa shape index (κ2) is 9.40. The average molecular weight is 491 g/mol. The van der Waals surface area contributed by atoms with E-state index in [2.05, 4.69) is 20.3 Å². The molecule has 0 spiro atoms. The molecule has 0 amide bonds. The topological polar surface area (TPSA) is 55.6 Å². The van der Waals surface area contributed by atoms with E-state index in [1.54, 1.807) is 0 Å². The van der Waals surface area contributed by atoms with Gasteiger partial charge in [-0.1, -0.05) is 48.5 Å². The minimum atomic E-state index is -4.76. The van der Waals surface area contributed by atoms with Gasteiger partial charge in [0, 0.05) is 13.6 Å². The van der Waals surface area contributed by atoms with Crippen molar-refractivity contribution in [2.45, 2.75) is 18.8 Å². The van der Waals surface area contributed by atoms with Crippen LogP contribution in [-0.4, -0.2) is 26.1 Å². The highest BCUT2D eigenvalue weighted by atomic mass is 19.4. The van der Waals surface area contributed by atoms with Crippen LogP contribution in [0.5, 0.6) is 0 Å². The summed E-state index contributed by atoms with van der Waals surface area (Å²) in [6.45, 7) is 0.325. The molecule has 182 valence electrons. The molecule has 2 aromatic carbocycles. The number of hydrogen-bond donors (Lipinski definition) is 1. The van der Waals surface area contributed by atoms with Crippen LogP contribution in [-0.2, 0) is 25.8 Å². The largest absolute Gasteiger partial charge is 0.435 e. The Kier molecular flexibility index (Phi) is 6.51. The molecular weight excluding hydrogens is 472 g/mol. The molecule has 0 aliphatic heterocycles. The van der Waals surface area contributed by atoms with E-state index in [-0.39, 0.29) is 17.4 Å². The highest BCUT2D eigenvalue weighted by molar-refractivity contribution is 5.80. The molecule has 0 saturated carbocycles. The number of halogens is 6. The van der Waals surface area contributed by atoms with Gasteiger partial charge in [0.25, 0.3) is 0 Å². The van der Waals surface area contributed by atoms with Crippen molar-refractivity contribution in [3.8, 4) is 0 Å². The fourth-order valence-corrected chi connectivity index (χ4v) is 3.42. The van der Waals surface area contributed by atoms with Crippen LogP contribution < -0.4 is 5.32 Å². The van der Waals surface area contributed by atoms with Gasteiger partial charge in [-0.3, -0.25) is 0 Å². The Labute approximate surface area is 196 Å². The molecule has 35 heavy (non-hydrogen) atoms. The quantitative estimate of drug-likeness (QED) is 0.325. The lowest BCUT2D eigenvalue weighted by Gasteiger charge is -2.10. The predicted molar refractivity (Wildman–Crippen MR) is 120 cm³/mol. The zero-order valence-electron chi connectivity index (χ0n) is 18.3. The molecule has 4 aromatic rings. The molecule has 0 unspecified atom stereocenters. The molecule has 0 saturated heterocycles. The summed E-state index contributed by atoms with van der Waals surface area (Å²) in [5.41, 5.74) is -0.977. The third kappa shape index (κ3) is 5.61. The lowest BCUT2D eigenvalue weighted by Crippen LogP contribution is -2.14. The van der Waals surface area contributed by atoms with Gasteiger partial charge in [-0.2, -0.15) is 31.3 Å². The molecule has 0 fully saturated rings. The van der Waals surface area contributed by atoms with Crippen molar-refractivity contribution in [1.82, 2.24) is 19.5 Å². The summed E-state index contributed by atoms with van der Waals surface area (Å²) in [7, 11) is 1.50. The Balaban J connectivity index is 1.62. The van der Waals surface area contributed by atoms with E-state index in [1.165, 1.54) is 35.9 Å². The number of fused-ring (bicyclic) bond motifs is 1. The van der Waals surface area contributed by atoms with E-state index in [1.807, 2.05) is 30.3 Å². The fraction of sp³-hybridized carbons (Fsp3) is 0.208. The highest BCUT2D eigenvalue weighted by Gasteiger charge is 2.37. The van der Waals surface area contributed by atoms with E-state index in [9.17, 15) is 26.3 Å². The van der Waals surface area contributed by atoms with Gasteiger partial charge in [-0.15, -0.1) is 0 Å². The molecule has 5 nitrogen and oxygen atoms in total. The molecule has 0 atom stereocenters. The fourth-order valence-electron chi connectivity index (χ4n) is 3.42. The van der Waals surface area contributed by atoms with Crippen LogP contribution in [0.15, 0.2) is 54.6 Å². The van der Waals surface area contributed by atoms with Crippen LogP contribution in [0.4, 0.5) is 32.3 Å². The molecule has 0 radical (unpaired) electrons. The maximum absolute atomic E-state index is 13.7. The number of alkyl halides is 6. The van der Waals surface area contributed by atoms with Crippen LogP contribution >= 0.6 is 0 Å². The van der Waals surface area contributed by atoms with E-state index >= 15 is 0 Å². The molecule has 4 rings (SSSR count). The van der Waals surface area contributed by atoms with Gasteiger partial charge in [0.2, 0.25) is 5.95 Å². The number of aryl methyl sites for hydroxylation is 1. The van der Waals surface area contributed by atoms with E-state index in [0.29, 0.717) is 18.5 Å². The van der Waals surface area contributed by atoms with Gasteiger partial charge in [-0.05, 0) is 35.8 Å². The Bertz CT molecular complexity index is 1340. The molecule has 0 bridgehead atoms. The lowest BCUT2D eigenvalue weighted by molar-refractivity contribution is -0.140. The van der Waals surface area contributed by atoms with Crippen molar-refractivity contribution in [1.29, 1.82) is 0 Å². The van der Waals surface area contributed by atoms with Crippen molar-refractivity contribution >= 4 is 29.3 Å². The Morgan fingerprint density at radius 1 is 0.829 bits per heavy atom. The first kappa shape index (κ1) is 24.2. The van der Waals surface area contributed by atoms with Crippen molar-refractivity contribution in [2.75, 3.05) is 11.9 Å². The van der Waals surface area contributed by atoms with Crippen molar-refractivity contribution in [2.24, 2.45) is 7.05 Å². The van der Waals surface area contributed by atoms with E-state index in [0.717, 1.165) is 17.7 Å². The highest BCUT2D eigenvalue weighted by Crippen LogP contribution is 2.34. The Morgan fingerprint density at radius 3 is 2.14 bits per heavy atom. The first-order valence-electron chi connectivity index (χ1n) is 10.5. The van der Waals surface area contributed by atoms with Crippen LogP contribution in [0.3, 0.4) is 0 Å². The number of benzene rings is 2. The first-order valence-corrected chi connectivity index (χ1v) is 10.5. The van der Waals surface area contributed by atoms with Crippen molar-refractivity contribution in [3.05, 3.63) is 82.8 Å². The number of aromatic nitrogens is 4. The normalized spacial score (nSPS) is 12.5. The molecule has 11 heteroatoms. The van der Waals surface area contributed by atoms with Crippen LogP contribution in [0.2, 0.25) is 0 Å². The van der Waals surface area contributed by atoms with Crippen molar-refractivity contribution < 1.29 is 26.3 Å². The standard InChI is InChI=1S/C24H19F6N5/c1-35-18(12-9-16-7-10-17(11-8-16)23(25,26)27)32-19-20(24(28,29)30)33-22(34-21(19)35)31-14-13-15-5-3-2-4-6-15/h2-12H,13-14H2,1H3,(H,31,33,34)/b12-9+. The molecular formula is C24H19F6N5. The molecule has 2 aromatic heterocycles. The summed E-state index contributed by atoms with van der Waals surface area (Å²) in [5.74, 6) is -0.0387. The summed E-state index contributed by atoms with van der Waals surface area (Å²) in [4.78, 5) is 11.9. The third-order valence-electron chi connectivity index (χ3n) is 5.22. The first-order chi connectivity index (χ1) is 16.5. The molecule has 0 aliphatic carbocycles. The average Bonchev–Trinajstić information content (AvgIpc) is 3.12. The summed E-state index contributed by atoms with van der Waals surface area (Å²) in [5, 5.41) is 2.84. The van der Waals surface area contributed by atoms with Gasteiger partial charge < -0.3 is 9.88 Å².